The predicted octanol–water partition coefficient (Wildman–Crippen LogP) is 1.01. The van der Waals surface area contributed by atoms with Gasteiger partial charge in [-0.3, -0.25) is 9.59 Å². The van der Waals surface area contributed by atoms with Gasteiger partial charge in [0.2, 0.25) is 0 Å². The molecule has 0 aromatic heterocycles. The van der Waals surface area contributed by atoms with Gasteiger partial charge < -0.3 is 20.7 Å². The second-order valence-electron chi connectivity index (χ2n) is 2.77. The number of ether oxygens (including phenoxy) is 1. The van der Waals surface area contributed by atoms with Gasteiger partial charge in [0.05, 0.1) is 18.1 Å². The number of carboxylic acid groups (broad SMARTS) is 1. The molecule has 4 N–H and O–H groups in total. The highest BCUT2D eigenvalue weighted by Gasteiger charge is 2.07. The molecular formula is C10H12BrNO5. The fourth-order valence-corrected chi connectivity index (χ4v) is 1.28. The molecule has 6 nitrogen and oxygen atoms in total. The Morgan fingerprint density at radius 3 is 2.47 bits per heavy atom. The Bertz CT molecular complexity index is 408. The highest BCUT2D eigenvalue weighted by molar-refractivity contribution is 9.10. The average molecular weight is 306 g/mol. The van der Waals surface area contributed by atoms with Crippen LogP contribution in [0.1, 0.15) is 10.4 Å². The van der Waals surface area contributed by atoms with Gasteiger partial charge in [0.25, 0.3) is 0 Å². The zero-order valence-corrected chi connectivity index (χ0v) is 10.6. The van der Waals surface area contributed by atoms with Crippen LogP contribution in [0.3, 0.4) is 0 Å². The summed E-state index contributed by atoms with van der Waals surface area (Å²) in [4.78, 5) is 19.6. The van der Waals surface area contributed by atoms with Crippen LogP contribution in [-0.2, 0) is 4.79 Å². The third-order valence-electron chi connectivity index (χ3n) is 1.58. The Hall–Kier alpha value is -1.60. The first-order valence-electron chi connectivity index (χ1n) is 4.39. The first-order chi connectivity index (χ1) is 7.96. The predicted molar refractivity (Wildman–Crippen MR) is 64.4 cm³/mol. The third-order valence-corrected chi connectivity index (χ3v) is 2.19. The van der Waals surface area contributed by atoms with Crippen LogP contribution in [0.15, 0.2) is 16.6 Å². The number of nitrogens with two attached hydrogens (primary N) is 1. The average Bonchev–Trinajstić information content (AvgIpc) is 2.33. The van der Waals surface area contributed by atoms with Crippen molar-refractivity contribution >= 4 is 28.2 Å². The van der Waals surface area contributed by atoms with Crippen molar-refractivity contribution in [3.63, 3.8) is 0 Å². The number of aldehydes is 1. The third kappa shape index (κ3) is 5.32. The van der Waals surface area contributed by atoms with Crippen LogP contribution in [0, 0.1) is 0 Å². The summed E-state index contributed by atoms with van der Waals surface area (Å²) < 4.78 is 5.28. The molecule has 0 atom stereocenters. The molecule has 1 rings (SSSR count). The van der Waals surface area contributed by atoms with Gasteiger partial charge >= 0.3 is 5.97 Å². The standard InChI is InChI=1S/C8H7BrO3.C2H5NO2/c1-12-7-3-5(4-10)2-6(9)8(7)11;3-1-2(4)5/h2-4,11H,1H3;1,3H2,(H,4,5). The number of phenolic OH excluding ortho intramolecular Hbond substituents is 1. The minimum atomic E-state index is -0.968. The van der Waals surface area contributed by atoms with Gasteiger partial charge in [-0.2, -0.15) is 0 Å². The number of carbonyl (C=O) groups is 2. The SMILES string of the molecule is COc1cc(C=O)cc(Br)c1O.NCC(=O)O. The minimum Gasteiger partial charge on any atom is -0.503 e. The summed E-state index contributed by atoms with van der Waals surface area (Å²) in [6.45, 7) is -0.278. The van der Waals surface area contributed by atoms with Crippen molar-refractivity contribution < 1.29 is 24.5 Å². The first kappa shape index (κ1) is 15.4. The monoisotopic (exact) mass is 305 g/mol. The summed E-state index contributed by atoms with van der Waals surface area (Å²) in [5.41, 5.74) is 5.03. The number of hydrogen-bond donors (Lipinski definition) is 3. The van der Waals surface area contributed by atoms with Crippen LogP contribution in [0.2, 0.25) is 0 Å². The first-order valence-corrected chi connectivity index (χ1v) is 5.19. The van der Waals surface area contributed by atoms with Crippen LogP contribution in [0.4, 0.5) is 0 Å². The van der Waals surface area contributed by atoms with Crippen molar-refractivity contribution in [2.75, 3.05) is 13.7 Å². The summed E-state index contributed by atoms with van der Waals surface area (Å²) in [5, 5.41) is 16.9. The number of carboxylic acids is 1. The van der Waals surface area contributed by atoms with Crippen LogP contribution < -0.4 is 10.5 Å². The maximum absolute atomic E-state index is 10.4. The van der Waals surface area contributed by atoms with Crippen molar-refractivity contribution in [2.45, 2.75) is 0 Å². The number of hydrogen-bond acceptors (Lipinski definition) is 5. The molecule has 0 aliphatic carbocycles. The topological polar surface area (TPSA) is 110 Å². The van der Waals surface area contributed by atoms with E-state index in [2.05, 4.69) is 21.7 Å². The van der Waals surface area contributed by atoms with Gasteiger partial charge in [-0.25, -0.2) is 0 Å². The molecule has 0 aliphatic heterocycles. The van der Waals surface area contributed by atoms with Crippen molar-refractivity contribution in [1.29, 1.82) is 0 Å². The lowest BCUT2D eigenvalue weighted by Gasteiger charge is -2.04. The Kier molecular flexibility index (Phi) is 6.92. The molecule has 1 aromatic carbocycles. The maximum atomic E-state index is 10.4. The second-order valence-corrected chi connectivity index (χ2v) is 3.62. The zero-order valence-electron chi connectivity index (χ0n) is 9.01. The van der Waals surface area contributed by atoms with E-state index in [0.717, 1.165) is 0 Å². The largest absolute Gasteiger partial charge is 0.503 e. The molecular weight excluding hydrogens is 294 g/mol. The number of methoxy groups -OCH3 is 1. The fraction of sp³-hybridized carbons (Fsp3) is 0.200. The van der Waals surface area contributed by atoms with Gasteiger partial charge in [0.15, 0.2) is 11.5 Å². The number of rotatable bonds is 3. The molecule has 7 heteroatoms. The molecule has 0 saturated heterocycles. The number of aromatic hydroxyl groups is 1. The normalized spacial score (nSPS) is 8.88. The molecule has 0 fully saturated rings. The van der Waals surface area contributed by atoms with Crippen LogP contribution >= 0.6 is 15.9 Å². The van der Waals surface area contributed by atoms with Crippen LogP contribution in [0.25, 0.3) is 0 Å². The van der Waals surface area contributed by atoms with Crippen molar-refractivity contribution in [3.05, 3.63) is 22.2 Å². The summed E-state index contributed by atoms with van der Waals surface area (Å²) in [7, 11) is 1.43. The Morgan fingerprint density at radius 2 is 2.12 bits per heavy atom. The van der Waals surface area contributed by atoms with Gasteiger partial charge in [0, 0.05) is 5.56 Å². The second kappa shape index (κ2) is 7.64. The van der Waals surface area contributed by atoms with Crippen molar-refractivity contribution in [3.8, 4) is 11.5 Å². The molecule has 17 heavy (non-hydrogen) atoms. The van der Waals surface area contributed by atoms with E-state index in [0.29, 0.717) is 16.3 Å². The number of benzene rings is 1. The summed E-state index contributed by atoms with van der Waals surface area (Å²) >= 11 is 3.09. The van der Waals surface area contributed by atoms with Crippen molar-refractivity contribution in [1.82, 2.24) is 0 Å². The molecule has 0 spiro atoms. The van der Waals surface area contributed by atoms with Gasteiger partial charge in [0.1, 0.15) is 6.29 Å². The Balaban J connectivity index is 0.000000437. The maximum Gasteiger partial charge on any atom is 0.317 e. The van der Waals surface area contributed by atoms with Gasteiger partial charge in [-0.05, 0) is 28.1 Å². The quantitative estimate of drug-likeness (QED) is 0.719. The van der Waals surface area contributed by atoms with Crippen LogP contribution in [0.5, 0.6) is 11.5 Å². The van der Waals surface area contributed by atoms with E-state index in [9.17, 15) is 14.7 Å². The number of carbonyl (C=O) groups excluding carboxylic acids is 1. The summed E-state index contributed by atoms with van der Waals surface area (Å²) in [6, 6.07) is 2.98. The molecule has 1 aromatic rings. The Labute approximate surface area is 106 Å². The lowest BCUT2D eigenvalue weighted by Crippen LogP contribution is -2.10. The molecule has 0 saturated carbocycles. The highest BCUT2D eigenvalue weighted by atomic mass is 79.9. The van der Waals surface area contributed by atoms with E-state index in [1.54, 1.807) is 0 Å². The van der Waals surface area contributed by atoms with E-state index in [1.165, 1.54) is 19.2 Å². The lowest BCUT2D eigenvalue weighted by molar-refractivity contribution is -0.135. The van der Waals surface area contributed by atoms with E-state index in [4.69, 9.17) is 9.84 Å². The lowest BCUT2D eigenvalue weighted by atomic mass is 10.2. The Morgan fingerprint density at radius 1 is 1.59 bits per heavy atom. The molecule has 94 valence electrons. The fourth-order valence-electron chi connectivity index (χ4n) is 0.817. The van der Waals surface area contributed by atoms with E-state index >= 15 is 0 Å². The zero-order chi connectivity index (χ0) is 13.4. The number of phenols is 1. The smallest absolute Gasteiger partial charge is 0.317 e. The summed E-state index contributed by atoms with van der Waals surface area (Å²) in [5.74, 6) is -0.681. The van der Waals surface area contributed by atoms with E-state index in [-0.39, 0.29) is 18.0 Å². The summed E-state index contributed by atoms with van der Waals surface area (Å²) in [6.07, 6.45) is 0.687. The molecule has 0 bridgehead atoms. The van der Waals surface area contributed by atoms with Gasteiger partial charge in [-0.1, -0.05) is 0 Å². The van der Waals surface area contributed by atoms with E-state index in [1.807, 2.05) is 0 Å². The number of halogens is 1. The van der Waals surface area contributed by atoms with Crippen molar-refractivity contribution in [2.24, 2.45) is 5.73 Å². The number of aliphatic carboxylic acids is 1. The molecule has 0 unspecified atom stereocenters. The highest BCUT2D eigenvalue weighted by Crippen LogP contribution is 2.34. The van der Waals surface area contributed by atoms with Gasteiger partial charge in [-0.15, -0.1) is 0 Å². The molecule has 0 radical (unpaired) electrons. The minimum absolute atomic E-state index is 0.00287. The van der Waals surface area contributed by atoms with E-state index < -0.39 is 5.97 Å². The van der Waals surface area contributed by atoms with Crippen LogP contribution in [-0.4, -0.2) is 36.1 Å². The molecule has 0 amide bonds. The molecule has 0 heterocycles. The molecule has 0 aliphatic rings.